The molecule has 3 rings (SSSR count). The van der Waals surface area contributed by atoms with Crippen LogP contribution in [0.5, 0.6) is 11.5 Å². The Kier molecular flexibility index (Phi) is 3.40. The van der Waals surface area contributed by atoms with Gasteiger partial charge in [0.15, 0.2) is 0 Å². The van der Waals surface area contributed by atoms with Crippen molar-refractivity contribution in [2.75, 3.05) is 0 Å². The van der Waals surface area contributed by atoms with Crippen LogP contribution in [-0.4, -0.2) is 4.98 Å². The summed E-state index contributed by atoms with van der Waals surface area (Å²) in [7, 11) is 0. The molecule has 0 unspecified atom stereocenters. The molecule has 1 aromatic heterocycles. The Morgan fingerprint density at radius 3 is 2.58 bits per heavy atom. The zero-order chi connectivity index (χ0) is 13.2. The minimum Gasteiger partial charge on any atom is -0.457 e. The number of hydrogen-bond donors (Lipinski definition) is 0. The van der Waals surface area contributed by atoms with Gasteiger partial charge in [-0.1, -0.05) is 29.8 Å². The van der Waals surface area contributed by atoms with Gasteiger partial charge in [-0.3, -0.25) is 4.98 Å². The molecule has 0 aliphatic carbocycles. The highest BCUT2D eigenvalue weighted by molar-refractivity contribution is 9.10. The van der Waals surface area contributed by atoms with E-state index in [9.17, 15) is 0 Å². The first-order valence-corrected chi connectivity index (χ1v) is 6.88. The summed E-state index contributed by atoms with van der Waals surface area (Å²) in [4.78, 5) is 4.30. The lowest BCUT2D eigenvalue weighted by Gasteiger charge is -2.07. The van der Waals surface area contributed by atoms with Crippen molar-refractivity contribution >= 4 is 38.4 Å². The first kappa shape index (κ1) is 12.5. The third-order valence-corrected chi connectivity index (χ3v) is 3.95. The number of para-hydroxylation sites is 1. The molecule has 0 N–H and O–H groups in total. The maximum atomic E-state index is 6.26. The molecular formula is C15H9BrClNO. The van der Waals surface area contributed by atoms with E-state index in [4.69, 9.17) is 16.3 Å². The van der Waals surface area contributed by atoms with Gasteiger partial charge in [0.05, 0.1) is 15.0 Å². The molecule has 2 nitrogen and oxygen atoms in total. The predicted octanol–water partition coefficient (Wildman–Crippen LogP) is 5.44. The van der Waals surface area contributed by atoms with Crippen molar-refractivity contribution in [1.82, 2.24) is 4.98 Å². The molecule has 94 valence electrons. The van der Waals surface area contributed by atoms with Crippen molar-refractivity contribution in [2.45, 2.75) is 0 Å². The van der Waals surface area contributed by atoms with Gasteiger partial charge in [0.25, 0.3) is 0 Å². The maximum absolute atomic E-state index is 6.26. The Morgan fingerprint density at radius 2 is 1.79 bits per heavy atom. The summed E-state index contributed by atoms with van der Waals surface area (Å²) in [6.07, 6.45) is 1.70. The fourth-order valence-corrected chi connectivity index (χ4v) is 2.32. The second-order valence-electron chi connectivity index (χ2n) is 4.01. The number of halogens is 2. The Bertz CT molecular complexity index is 731. The minimum atomic E-state index is 0.642. The molecule has 3 aromatic rings. The van der Waals surface area contributed by atoms with E-state index < -0.39 is 0 Å². The largest absolute Gasteiger partial charge is 0.457 e. The van der Waals surface area contributed by atoms with Crippen molar-refractivity contribution in [3.63, 3.8) is 0 Å². The molecule has 0 spiro atoms. The average molecular weight is 335 g/mol. The van der Waals surface area contributed by atoms with Crippen LogP contribution in [-0.2, 0) is 0 Å². The molecule has 0 amide bonds. The van der Waals surface area contributed by atoms with Crippen LogP contribution in [0.15, 0.2) is 59.2 Å². The lowest BCUT2D eigenvalue weighted by atomic mass is 10.2. The summed E-state index contributed by atoms with van der Waals surface area (Å²) >= 11 is 9.63. The van der Waals surface area contributed by atoms with E-state index in [1.165, 1.54) is 0 Å². The second-order valence-corrected chi connectivity index (χ2v) is 5.25. The lowest BCUT2D eigenvalue weighted by Crippen LogP contribution is -1.86. The topological polar surface area (TPSA) is 22.1 Å². The van der Waals surface area contributed by atoms with E-state index in [0.29, 0.717) is 5.02 Å². The number of pyridine rings is 1. The fraction of sp³-hybridized carbons (Fsp3) is 0. The first-order chi connectivity index (χ1) is 9.24. The van der Waals surface area contributed by atoms with Gasteiger partial charge in [0.1, 0.15) is 11.5 Å². The summed E-state index contributed by atoms with van der Waals surface area (Å²) < 4.78 is 6.56. The summed E-state index contributed by atoms with van der Waals surface area (Å²) in [5.41, 5.74) is 0.841. The van der Waals surface area contributed by atoms with Crippen LogP contribution < -0.4 is 4.74 Å². The normalized spacial score (nSPS) is 10.6. The Morgan fingerprint density at radius 1 is 1.00 bits per heavy atom. The van der Waals surface area contributed by atoms with Gasteiger partial charge in [-0.2, -0.15) is 0 Å². The van der Waals surface area contributed by atoms with Gasteiger partial charge in [-0.15, -0.1) is 0 Å². The van der Waals surface area contributed by atoms with Crippen LogP contribution >= 0.6 is 27.5 Å². The SMILES string of the molecule is Clc1c(Br)cnc2ccc(Oc3ccccc3)cc12. The molecule has 0 fully saturated rings. The van der Waals surface area contributed by atoms with Crippen LogP contribution in [0.3, 0.4) is 0 Å². The van der Waals surface area contributed by atoms with E-state index >= 15 is 0 Å². The van der Waals surface area contributed by atoms with E-state index in [-0.39, 0.29) is 0 Å². The molecule has 0 radical (unpaired) electrons. The molecule has 1 heterocycles. The Labute approximate surface area is 124 Å². The lowest BCUT2D eigenvalue weighted by molar-refractivity contribution is 0.483. The number of nitrogens with zero attached hydrogens (tertiary/aromatic N) is 1. The van der Waals surface area contributed by atoms with Crippen LogP contribution in [0.4, 0.5) is 0 Å². The van der Waals surface area contributed by atoms with Crippen LogP contribution in [0, 0.1) is 0 Å². The van der Waals surface area contributed by atoms with Gasteiger partial charge in [-0.05, 0) is 46.3 Å². The summed E-state index contributed by atoms with van der Waals surface area (Å²) in [6.45, 7) is 0. The highest BCUT2D eigenvalue weighted by Crippen LogP contribution is 2.32. The second kappa shape index (κ2) is 5.19. The van der Waals surface area contributed by atoms with E-state index in [0.717, 1.165) is 26.9 Å². The number of fused-ring (bicyclic) bond motifs is 1. The Hall–Kier alpha value is -1.58. The number of benzene rings is 2. The number of ether oxygens (including phenoxy) is 1. The minimum absolute atomic E-state index is 0.642. The van der Waals surface area contributed by atoms with Crippen LogP contribution in [0.25, 0.3) is 10.9 Å². The zero-order valence-corrected chi connectivity index (χ0v) is 12.1. The zero-order valence-electron chi connectivity index (χ0n) is 9.81. The third kappa shape index (κ3) is 2.57. The molecule has 0 aliphatic heterocycles. The summed E-state index contributed by atoms with van der Waals surface area (Å²) in [6, 6.07) is 15.3. The molecule has 19 heavy (non-hydrogen) atoms. The van der Waals surface area contributed by atoms with Gasteiger partial charge in [0.2, 0.25) is 0 Å². The quantitative estimate of drug-likeness (QED) is 0.622. The number of hydrogen-bond acceptors (Lipinski definition) is 2. The molecule has 0 aliphatic rings. The molecule has 2 aromatic carbocycles. The third-order valence-electron chi connectivity index (χ3n) is 2.71. The predicted molar refractivity (Wildman–Crippen MR) is 81.0 cm³/mol. The molecular weight excluding hydrogens is 326 g/mol. The highest BCUT2D eigenvalue weighted by Gasteiger charge is 2.06. The van der Waals surface area contributed by atoms with Crippen molar-refractivity contribution < 1.29 is 4.74 Å². The summed E-state index contributed by atoms with van der Waals surface area (Å²) in [5.74, 6) is 1.53. The smallest absolute Gasteiger partial charge is 0.128 e. The fourth-order valence-electron chi connectivity index (χ4n) is 1.80. The van der Waals surface area contributed by atoms with E-state index in [1.54, 1.807) is 6.20 Å². The highest BCUT2D eigenvalue weighted by atomic mass is 79.9. The Balaban J connectivity index is 2.04. The van der Waals surface area contributed by atoms with Crippen molar-refractivity contribution in [3.05, 3.63) is 64.2 Å². The molecule has 0 saturated carbocycles. The number of rotatable bonds is 2. The molecule has 0 atom stereocenters. The first-order valence-electron chi connectivity index (χ1n) is 5.71. The standard InChI is InChI=1S/C15H9BrClNO/c16-13-9-18-14-7-6-11(8-12(14)15(13)17)19-10-4-2-1-3-5-10/h1-9H. The van der Waals surface area contributed by atoms with Crippen LogP contribution in [0.1, 0.15) is 0 Å². The average Bonchev–Trinajstić information content (AvgIpc) is 2.45. The summed E-state index contributed by atoms with van der Waals surface area (Å²) in [5, 5.41) is 1.51. The molecule has 0 bridgehead atoms. The number of aromatic nitrogens is 1. The van der Waals surface area contributed by atoms with E-state index in [1.807, 2.05) is 48.5 Å². The van der Waals surface area contributed by atoms with Crippen LogP contribution in [0.2, 0.25) is 5.02 Å². The van der Waals surface area contributed by atoms with Crippen molar-refractivity contribution in [3.8, 4) is 11.5 Å². The van der Waals surface area contributed by atoms with Gasteiger partial charge in [0, 0.05) is 11.6 Å². The van der Waals surface area contributed by atoms with Gasteiger partial charge in [-0.25, -0.2) is 0 Å². The molecule has 4 heteroatoms. The maximum Gasteiger partial charge on any atom is 0.128 e. The van der Waals surface area contributed by atoms with Gasteiger partial charge < -0.3 is 4.74 Å². The monoisotopic (exact) mass is 333 g/mol. The van der Waals surface area contributed by atoms with Crippen molar-refractivity contribution in [2.24, 2.45) is 0 Å². The van der Waals surface area contributed by atoms with E-state index in [2.05, 4.69) is 20.9 Å². The van der Waals surface area contributed by atoms with Crippen molar-refractivity contribution in [1.29, 1.82) is 0 Å². The van der Waals surface area contributed by atoms with Gasteiger partial charge >= 0.3 is 0 Å². The molecule has 0 saturated heterocycles.